The number of alkyl carbamates (subject to hydrolysis) is 1. The molecule has 0 radical (unpaired) electrons. The Balaban J connectivity index is 2.69. The van der Waals surface area contributed by atoms with E-state index in [1.165, 1.54) is 0 Å². The van der Waals surface area contributed by atoms with E-state index in [9.17, 15) is 9.59 Å². The molecule has 2 unspecified atom stereocenters. The number of aliphatic hydroxyl groups is 1. The van der Waals surface area contributed by atoms with Crippen molar-refractivity contribution in [3.8, 4) is 0 Å². The molecule has 134 valence electrons. The zero-order valence-corrected chi connectivity index (χ0v) is 15.1. The third kappa shape index (κ3) is 7.20. The molecule has 6 nitrogen and oxygen atoms in total. The van der Waals surface area contributed by atoms with Gasteiger partial charge in [0.05, 0.1) is 6.04 Å². The van der Waals surface area contributed by atoms with Gasteiger partial charge in [-0.2, -0.15) is 0 Å². The van der Waals surface area contributed by atoms with Crippen LogP contribution in [-0.4, -0.2) is 53.3 Å². The van der Waals surface area contributed by atoms with Gasteiger partial charge in [0.15, 0.2) is 0 Å². The highest BCUT2D eigenvalue weighted by Gasteiger charge is 2.32. The Morgan fingerprint density at radius 3 is 2.48 bits per heavy atom. The molecule has 23 heavy (non-hydrogen) atoms. The second-order valence-electron chi connectivity index (χ2n) is 7.71. The summed E-state index contributed by atoms with van der Waals surface area (Å²) >= 11 is 0. The lowest BCUT2D eigenvalue weighted by atomic mass is 9.90. The average Bonchev–Trinajstić information content (AvgIpc) is 2.41. The number of rotatable bonds is 5. The smallest absolute Gasteiger partial charge is 0.407 e. The summed E-state index contributed by atoms with van der Waals surface area (Å²) in [6.07, 6.45) is 1.93. The Labute approximate surface area is 139 Å². The van der Waals surface area contributed by atoms with Gasteiger partial charge in [0.1, 0.15) is 5.60 Å². The number of nitrogens with one attached hydrogen (secondary N) is 1. The minimum absolute atomic E-state index is 0.0613. The van der Waals surface area contributed by atoms with Gasteiger partial charge in [-0.05, 0) is 46.0 Å². The molecule has 1 fully saturated rings. The van der Waals surface area contributed by atoms with Crippen molar-refractivity contribution in [2.24, 2.45) is 11.8 Å². The van der Waals surface area contributed by atoms with E-state index in [-0.39, 0.29) is 24.5 Å². The molecular formula is C17H32N2O4. The summed E-state index contributed by atoms with van der Waals surface area (Å²) in [5, 5.41) is 11.9. The van der Waals surface area contributed by atoms with E-state index in [4.69, 9.17) is 9.84 Å². The molecule has 1 rings (SSSR count). The third-order valence-corrected chi connectivity index (χ3v) is 3.83. The molecule has 2 N–H and O–H groups in total. The maximum atomic E-state index is 12.3. The molecule has 0 aromatic carbocycles. The fraction of sp³-hybridized carbons (Fsp3) is 0.882. The van der Waals surface area contributed by atoms with Crippen molar-refractivity contribution in [2.75, 3.05) is 19.7 Å². The predicted octanol–water partition coefficient (Wildman–Crippen LogP) is 2.16. The number of hydrogen-bond donors (Lipinski definition) is 2. The van der Waals surface area contributed by atoms with Crippen LogP contribution >= 0.6 is 0 Å². The number of nitrogens with zero attached hydrogens (tertiary/aromatic N) is 1. The van der Waals surface area contributed by atoms with Crippen molar-refractivity contribution >= 4 is 12.0 Å². The van der Waals surface area contributed by atoms with Gasteiger partial charge in [-0.1, -0.05) is 13.8 Å². The molecule has 2 amide bonds. The van der Waals surface area contributed by atoms with Crippen molar-refractivity contribution in [1.82, 2.24) is 10.2 Å². The van der Waals surface area contributed by atoms with E-state index in [1.54, 1.807) is 0 Å². The molecule has 0 aliphatic carbocycles. The zero-order chi connectivity index (χ0) is 17.6. The van der Waals surface area contributed by atoms with Crippen LogP contribution in [0.3, 0.4) is 0 Å². The number of carbonyl (C=O) groups excluding carboxylic acids is 2. The molecule has 1 heterocycles. The molecule has 0 spiro atoms. The van der Waals surface area contributed by atoms with Gasteiger partial charge in [0.25, 0.3) is 0 Å². The molecule has 1 aliphatic heterocycles. The minimum atomic E-state index is -0.539. The van der Waals surface area contributed by atoms with Crippen molar-refractivity contribution < 1.29 is 19.4 Å². The molecule has 1 saturated heterocycles. The summed E-state index contributed by atoms with van der Waals surface area (Å²) in [7, 11) is 0. The zero-order valence-electron chi connectivity index (χ0n) is 15.1. The fourth-order valence-electron chi connectivity index (χ4n) is 2.92. The van der Waals surface area contributed by atoms with Crippen LogP contribution in [0.2, 0.25) is 0 Å². The molecule has 2 atom stereocenters. The van der Waals surface area contributed by atoms with E-state index in [1.807, 2.05) is 39.5 Å². The topological polar surface area (TPSA) is 78.9 Å². The number of likely N-dealkylation sites (tertiary alicyclic amines) is 1. The SMILES string of the molecule is CC(C)C(=O)N1CC(CCCO)CC(NC(=O)OC(C)(C)C)C1. The minimum Gasteiger partial charge on any atom is -0.444 e. The first-order chi connectivity index (χ1) is 10.6. The number of piperidine rings is 1. The summed E-state index contributed by atoms with van der Waals surface area (Å²) < 4.78 is 5.31. The maximum Gasteiger partial charge on any atom is 0.407 e. The van der Waals surface area contributed by atoms with E-state index >= 15 is 0 Å². The van der Waals surface area contributed by atoms with E-state index in [0.717, 1.165) is 12.8 Å². The number of ether oxygens (including phenoxy) is 1. The summed E-state index contributed by atoms with van der Waals surface area (Å²) in [6.45, 7) is 10.6. The molecule has 0 bridgehead atoms. The van der Waals surface area contributed by atoms with Crippen molar-refractivity contribution in [1.29, 1.82) is 0 Å². The number of carbonyl (C=O) groups is 2. The second kappa shape index (κ2) is 8.52. The Morgan fingerprint density at radius 1 is 1.30 bits per heavy atom. The lowest BCUT2D eigenvalue weighted by molar-refractivity contribution is -0.137. The lowest BCUT2D eigenvalue weighted by Crippen LogP contribution is -2.54. The van der Waals surface area contributed by atoms with E-state index in [0.29, 0.717) is 25.4 Å². The molecule has 1 aliphatic rings. The first-order valence-electron chi connectivity index (χ1n) is 8.51. The van der Waals surface area contributed by atoms with Crippen LogP contribution in [0, 0.1) is 11.8 Å². The van der Waals surface area contributed by atoms with Crippen LogP contribution < -0.4 is 5.32 Å². The van der Waals surface area contributed by atoms with Crippen molar-refractivity contribution in [2.45, 2.75) is 65.5 Å². The fourth-order valence-corrected chi connectivity index (χ4v) is 2.92. The second-order valence-corrected chi connectivity index (χ2v) is 7.71. The van der Waals surface area contributed by atoms with Gasteiger partial charge < -0.3 is 20.1 Å². The van der Waals surface area contributed by atoms with E-state index < -0.39 is 11.7 Å². The van der Waals surface area contributed by atoms with Crippen LogP contribution in [0.1, 0.15) is 53.9 Å². The molecule has 0 aromatic rings. The van der Waals surface area contributed by atoms with Crippen LogP contribution in [0.4, 0.5) is 4.79 Å². The summed E-state index contributed by atoms with van der Waals surface area (Å²) in [5.41, 5.74) is -0.539. The summed E-state index contributed by atoms with van der Waals surface area (Å²) in [5.74, 6) is 0.335. The molecule has 0 aromatic heterocycles. The van der Waals surface area contributed by atoms with Gasteiger partial charge in [-0.25, -0.2) is 4.79 Å². The Kier molecular flexibility index (Phi) is 7.32. The first-order valence-corrected chi connectivity index (χ1v) is 8.51. The standard InChI is InChI=1S/C17H32N2O4/c1-12(2)15(21)19-10-13(7-6-8-20)9-14(11-19)18-16(22)23-17(3,4)5/h12-14,20H,6-11H2,1-5H3,(H,18,22). The predicted molar refractivity (Wildman–Crippen MR) is 89.0 cm³/mol. The highest BCUT2D eigenvalue weighted by molar-refractivity contribution is 5.78. The first kappa shape index (κ1) is 19.7. The molecular weight excluding hydrogens is 296 g/mol. The number of aliphatic hydroxyl groups excluding tert-OH is 1. The summed E-state index contributed by atoms with van der Waals surface area (Å²) in [4.78, 5) is 26.1. The van der Waals surface area contributed by atoms with Gasteiger partial charge in [-0.3, -0.25) is 4.79 Å². The van der Waals surface area contributed by atoms with Crippen LogP contribution in [0.25, 0.3) is 0 Å². The quantitative estimate of drug-likeness (QED) is 0.810. The largest absolute Gasteiger partial charge is 0.444 e. The maximum absolute atomic E-state index is 12.3. The lowest BCUT2D eigenvalue weighted by Gasteiger charge is -2.39. The highest BCUT2D eigenvalue weighted by Crippen LogP contribution is 2.23. The van der Waals surface area contributed by atoms with Crippen molar-refractivity contribution in [3.63, 3.8) is 0 Å². The van der Waals surface area contributed by atoms with Gasteiger partial charge in [-0.15, -0.1) is 0 Å². The normalized spacial score (nSPS) is 22.1. The number of hydrogen-bond acceptors (Lipinski definition) is 4. The average molecular weight is 328 g/mol. The summed E-state index contributed by atoms with van der Waals surface area (Å²) in [6, 6.07) is -0.106. The third-order valence-electron chi connectivity index (χ3n) is 3.83. The van der Waals surface area contributed by atoms with E-state index in [2.05, 4.69) is 5.32 Å². The molecule has 6 heteroatoms. The van der Waals surface area contributed by atoms with Crippen LogP contribution in [-0.2, 0) is 9.53 Å². The Morgan fingerprint density at radius 2 is 1.96 bits per heavy atom. The van der Waals surface area contributed by atoms with Gasteiger partial charge in [0, 0.05) is 25.6 Å². The van der Waals surface area contributed by atoms with Gasteiger partial charge in [0.2, 0.25) is 5.91 Å². The Hall–Kier alpha value is -1.30. The monoisotopic (exact) mass is 328 g/mol. The Bertz CT molecular complexity index is 404. The molecule has 0 saturated carbocycles. The number of amides is 2. The van der Waals surface area contributed by atoms with Crippen LogP contribution in [0.15, 0.2) is 0 Å². The highest BCUT2D eigenvalue weighted by atomic mass is 16.6. The van der Waals surface area contributed by atoms with Crippen LogP contribution in [0.5, 0.6) is 0 Å². The van der Waals surface area contributed by atoms with Crippen molar-refractivity contribution in [3.05, 3.63) is 0 Å². The van der Waals surface area contributed by atoms with Gasteiger partial charge >= 0.3 is 6.09 Å².